The standard InChI is InChI=1S/C21H25N3O4/c1-14-5-3-6-15(2)19(14)23-18(25)13-22-20(26)16-8-10-24(11-9-16)21(27)17-7-4-12-28-17/h3-7,12,16H,8-11,13H2,1-2H3,(H,22,26)(H,23,25). The van der Waals surface area contributed by atoms with Crippen molar-refractivity contribution in [1.29, 1.82) is 0 Å². The number of carbonyl (C=O) groups excluding carboxylic acids is 3. The lowest BCUT2D eigenvalue weighted by atomic mass is 9.95. The molecule has 2 heterocycles. The first-order valence-corrected chi connectivity index (χ1v) is 9.42. The van der Waals surface area contributed by atoms with Crippen LogP contribution >= 0.6 is 0 Å². The number of hydrogen-bond donors (Lipinski definition) is 2. The average molecular weight is 383 g/mol. The van der Waals surface area contributed by atoms with Crippen LogP contribution in [-0.4, -0.2) is 42.3 Å². The number of benzene rings is 1. The molecule has 0 saturated carbocycles. The summed E-state index contributed by atoms with van der Waals surface area (Å²) in [6.45, 7) is 4.77. The predicted molar refractivity (Wildman–Crippen MR) is 105 cm³/mol. The molecule has 1 aliphatic heterocycles. The SMILES string of the molecule is Cc1cccc(C)c1NC(=O)CNC(=O)C1CCN(C(=O)c2ccco2)CC1. The number of nitrogens with zero attached hydrogens (tertiary/aromatic N) is 1. The Balaban J connectivity index is 1.44. The summed E-state index contributed by atoms with van der Waals surface area (Å²) < 4.78 is 5.14. The highest BCUT2D eigenvalue weighted by molar-refractivity contribution is 5.96. The Bertz CT molecular complexity index is 832. The van der Waals surface area contributed by atoms with Gasteiger partial charge in [0.1, 0.15) is 0 Å². The van der Waals surface area contributed by atoms with Crippen LogP contribution in [0.4, 0.5) is 5.69 Å². The van der Waals surface area contributed by atoms with E-state index >= 15 is 0 Å². The van der Waals surface area contributed by atoms with Crippen LogP contribution in [-0.2, 0) is 9.59 Å². The molecule has 7 heteroatoms. The summed E-state index contributed by atoms with van der Waals surface area (Å²) in [6, 6.07) is 9.11. The van der Waals surface area contributed by atoms with E-state index in [1.54, 1.807) is 17.0 Å². The van der Waals surface area contributed by atoms with Gasteiger partial charge in [0.25, 0.3) is 5.91 Å². The minimum Gasteiger partial charge on any atom is -0.459 e. The second-order valence-electron chi connectivity index (χ2n) is 7.08. The third-order valence-corrected chi connectivity index (χ3v) is 5.05. The first kappa shape index (κ1) is 19.7. The van der Waals surface area contributed by atoms with Crippen LogP contribution in [0.15, 0.2) is 41.0 Å². The molecule has 0 radical (unpaired) electrons. The number of likely N-dealkylation sites (tertiary alicyclic amines) is 1. The predicted octanol–water partition coefficient (Wildman–Crippen LogP) is 2.50. The van der Waals surface area contributed by atoms with E-state index in [9.17, 15) is 14.4 Å². The van der Waals surface area contributed by atoms with Crippen LogP contribution in [0.5, 0.6) is 0 Å². The zero-order valence-corrected chi connectivity index (χ0v) is 16.2. The van der Waals surface area contributed by atoms with Gasteiger partial charge in [0.05, 0.1) is 12.8 Å². The van der Waals surface area contributed by atoms with Crippen LogP contribution in [0.1, 0.15) is 34.5 Å². The number of hydrogen-bond acceptors (Lipinski definition) is 4. The number of amides is 3. The Morgan fingerprint density at radius 2 is 1.75 bits per heavy atom. The van der Waals surface area contributed by atoms with E-state index in [1.165, 1.54) is 6.26 Å². The van der Waals surface area contributed by atoms with E-state index in [-0.39, 0.29) is 30.2 Å². The van der Waals surface area contributed by atoms with E-state index in [0.29, 0.717) is 31.7 Å². The Morgan fingerprint density at radius 3 is 2.36 bits per heavy atom. The van der Waals surface area contributed by atoms with Gasteiger partial charge in [-0.15, -0.1) is 0 Å². The molecular formula is C21H25N3O4. The molecule has 2 N–H and O–H groups in total. The van der Waals surface area contributed by atoms with Gasteiger partial charge in [-0.05, 0) is 49.9 Å². The Kier molecular flexibility index (Phi) is 6.13. The number of para-hydroxylation sites is 1. The van der Waals surface area contributed by atoms with Crippen LogP contribution in [0.3, 0.4) is 0 Å². The number of rotatable bonds is 5. The van der Waals surface area contributed by atoms with Crippen molar-refractivity contribution in [3.8, 4) is 0 Å². The minimum absolute atomic E-state index is 0.0713. The molecule has 1 aromatic carbocycles. The quantitative estimate of drug-likeness (QED) is 0.830. The number of nitrogens with one attached hydrogen (secondary N) is 2. The summed E-state index contributed by atoms with van der Waals surface area (Å²) in [5.74, 6) is -0.450. The highest BCUT2D eigenvalue weighted by atomic mass is 16.3. The Hall–Kier alpha value is -3.09. The largest absolute Gasteiger partial charge is 0.459 e. The molecule has 28 heavy (non-hydrogen) atoms. The molecule has 1 fully saturated rings. The number of carbonyl (C=O) groups is 3. The molecule has 0 unspecified atom stereocenters. The lowest BCUT2D eigenvalue weighted by Crippen LogP contribution is -2.44. The molecule has 148 valence electrons. The molecule has 3 rings (SSSR count). The van der Waals surface area contributed by atoms with Gasteiger partial charge in [-0.3, -0.25) is 14.4 Å². The fraction of sp³-hybridized carbons (Fsp3) is 0.381. The topological polar surface area (TPSA) is 91.7 Å². The fourth-order valence-electron chi connectivity index (χ4n) is 3.41. The van der Waals surface area contributed by atoms with Crippen LogP contribution in [0, 0.1) is 19.8 Å². The van der Waals surface area contributed by atoms with Gasteiger partial charge in [0.15, 0.2) is 5.76 Å². The number of piperidine rings is 1. The fourth-order valence-corrected chi connectivity index (χ4v) is 3.41. The van der Waals surface area contributed by atoms with Crippen molar-refractivity contribution in [3.63, 3.8) is 0 Å². The second-order valence-corrected chi connectivity index (χ2v) is 7.08. The molecule has 2 aromatic rings. The van der Waals surface area contributed by atoms with Crippen molar-refractivity contribution in [2.75, 3.05) is 25.0 Å². The van der Waals surface area contributed by atoms with Crippen molar-refractivity contribution in [1.82, 2.24) is 10.2 Å². The highest BCUT2D eigenvalue weighted by Crippen LogP contribution is 2.20. The van der Waals surface area contributed by atoms with Crippen LogP contribution in [0.2, 0.25) is 0 Å². The zero-order chi connectivity index (χ0) is 20.1. The van der Waals surface area contributed by atoms with Crippen molar-refractivity contribution in [2.45, 2.75) is 26.7 Å². The molecule has 0 spiro atoms. The summed E-state index contributed by atoms with van der Waals surface area (Å²) in [4.78, 5) is 38.5. The van der Waals surface area contributed by atoms with E-state index in [4.69, 9.17) is 4.42 Å². The molecule has 0 atom stereocenters. The molecule has 0 bridgehead atoms. The van der Waals surface area contributed by atoms with Crippen molar-refractivity contribution >= 4 is 23.4 Å². The molecular weight excluding hydrogens is 358 g/mol. The molecule has 1 aromatic heterocycles. The molecule has 0 aliphatic carbocycles. The van der Waals surface area contributed by atoms with Crippen molar-refractivity contribution < 1.29 is 18.8 Å². The van der Waals surface area contributed by atoms with Crippen LogP contribution in [0.25, 0.3) is 0 Å². The maximum atomic E-state index is 12.4. The van der Waals surface area contributed by atoms with Gasteiger partial charge in [-0.25, -0.2) is 0 Å². The maximum absolute atomic E-state index is 12.4. The van der Waals surface area contributed by atoms with E-state index in [1.807, 2.05) is 32.0 Å². The molecule has 1 saturated heterocycles. The normalized spacial score (nSPS) is 14.6. The molecule has 3 amide bonds. The molecule has 7 nitrogen and oxygen atoms in total. The van der Waals surface area contributed by atoms with E-state index in [2.05, 4.69) is 10.6 Å². The Labute approximate surface area is 164 Å². The first-order valence-electron chi connectivity index (χ1n) is 9.42. The summed E-state index contributed by atoms with van der Waals surface area (Å²) in [5, 5.41) is 5.57. The maximum Gasteiger partial charge on any atom is 0.289 e. The van der Waals surface area contributed by atoms with E-state index in [0.717, 1.165) is 16.8 Å². The third kappa shape index (κ3) is 4.60. The van der Waals surface area contributed by atoms with Gasteiger partial charge < -0.3 is 20.0 Å². The van der Waals surface area contributed by atoms with Gasteiger partial charge in [0.2, 0.25) is 11.8 Å². The number of aryl methyl sites for hydroxylation is 2. The van der Waals surface area contributed by atoms with Crippen LogP contribution < -0.4 is 10.6 Å². The van der Waals surface area contributed by atoms with Gasteiger partial charge in [-0.2, -0.15) is 0 Å². The minimum atomic E-state index is -0.254. The number of anilines is 1. The van der Waals surface area contributed by atoms with Crippen molar-refractivity contribution in [3.05, 3.63) is 53.5 Å². The summed E-state index contributed by atoms with van der Waals surface area (Å²) >= 11 is 0. The summed E-state index contributed by atoms with van der Waals surface area (Å²) in [5.41, 5.74) is 2.74. The van der Waals surface area contributed by atoms with E-state index < -0.39 is 0 Å². The average Bonchev–Trinajstić information content (AvgIpc) is 3.23. The lowest BCUT2D eigenvalue weighted by Gasteiger charge is -2.30. The first-order chi connectivity index (χ1) is 13.5. The Morgan fingerprint density at radius 1 is 1.07 bits per heavy atom. The number of furan rings is 1. The monoisotopic (exact) mass is 383 g/mol. The third-order valence-electron chi connectivity index (χ3n) is 5.05. The highest BCUT2D eigenvalue weighted by Gasteiger charge is 2.28. The van der Waals surface area contributed by atoms with Crippen molar-refractivity contribution in [2.24, 2.45) is 5.92 Å². The van der Waals surface area contributed by atoms with Gasteiger partial charge >= 0.3 is 0 Å². The molecule has 1 aliphatic rings. The zero-order valence-electron chi connectivity index (χ0n) is 16.2. The summed E-state index contributed by atoms with van der Waals surface area (Å²) in [7, 11) is 0. The summed E-state index contributed by atoms with van der Waals surface area (Å²) in [6.07, 6.45) is 2.60. The smallest absolute Gasteiger partial charge is 0.289 e. The second kappa shape index (κ2) is 8.73. The van der Waals surface area contributed by atoms with Gasteiger partial charge in [0, 0.05) is 24.7 Å². The van der Waals surface area contributed by atoms with Gasteiger partial charge in [-0.1, -0.05) is 18.2 Å². The lowest BCUT2D eigenvalue weighted by molar-refractivity contribution is -0.128.